The first kappa shape index (κ1) is 19.7. The average Bonchev–Trinajstić information content (AvgIpc) is 3.48. The van der Waals surface area contributed by atoms with E-state index in [-0.39, 0.29) is 11.8 Å². The highest BCUT2D eigenvalue weighted by atomic mass is 16.1. The number of aromatic nitrogens is 5. The predicted octanol–water partition coefficient (Wildman–Crippen LogP) is 5.69. The average molecular weight is 437 g/mol. The molecule has 0 atom stereocenters. The van der Waals surface area contributed by atoms with Gasteiger partial charge in [0.1, 0.15) is 11.3 Å². The molecule has 7 heteroatoms. The van der Waals surface area contributed by atoms with E-state index < -0.39 is 0 Å². The van der Waals surface area contributed by atoms with Crippen molar-refractivity contribution in [1.82, 2.24) is 25.1 Å². The summed E-state index contributed by atoms with van der Waals surface area (Å²) in [5, 5.41) is 12.8. The molecule has 1 fully saturated rings. The van der Waals surface area contributed by atoms with Crippen molar-refractivity contribution in [2.24, 2.45) is 5.92 Å². The maximum absolute atomic E-state index is 12.7. The summed E-state index contributed by atoms with van der Waals surface area (Å²) in [5.41, 5.74) is 6.25. The van der Waals surface area contributed by atoms with E-state index >= 15 is 0 Å². The molecule has 5 aromatic rings. The number of nitrogens with zero attached hydrogens (tertiary/aromatic N) is 3. The van der Waals surface area contributed by atoms with Crippen LogP contribution in [0.4, 0.5) is 5.69 Å². The Labute approximate surface area is 190 Å². The molecule has 3 N–H and O–H groups in total. The minimum absolute atomic E-state index is 0.105. The highest BCUT2D eigenvalue weighted by Gasteiger charge is 2.21. The van der Waals surface area contributed by atoms with Crippen molar-refractivity contribution < 1.29 is 4.79 Å². The van der Waals surface area contributed by atoms with Crippen LogP contribution in [0.25, 0.3) is 44.5 Å². The second-order valence-corrected chi connectivity index (χ2v) is 8.74. The predicted molar refractivity (Wildman–Crippen MR) is 130 cm³/mol. The van der Waals surface area contributed by atoms with Gasteiger partial charge in [0.2, 0.25) is 5.91 Å². The van der Waals surface area contributed by atoms with Gasteiger partial charge in [-0.15, -0.1) is 0 Å². The number of fused-ring (bicyclic) bond motifs is 2. The van der Waals surface area contributed by atoms with E-state index in [1.165, 1.54) is 6.42 Å². The number of carbonyl (C=O) groups is 1. The van der Waals surface area contributed by atoms with Crippen molar-refractivity contribution in [3.05, 3.63) is 61.1 Å². The van der Waals surface area contributed by atoms with E-state index in [9.17, 15) is 4.79 Å². The third-order valence-corrected chi connectivity index (χ3v) is 6.52. The maximum atomic E-state index is 12.7. The van der Waals surface area contributed by atoms with Crippen LogP contribution in [0.3, 0.4) is 0 Å². The quantitative estimate of drug-likeness (QED) is 0.337. The maximum Gasteiger partial charge on any atom is 0.227 e. The number of rotatable bonds is 4. The molecule has 0 spiro atoms. The highest BCUT2D eigenvalue weighted by Crippen LogP contribution is 2.32. The second-order valence-electron chi connectivity index (χ2n) is 8.74. The Hall–Kier alpha value is -4.00. The SMILES string of the molecule is O=C(Nc1cncc(-c2ccc3[nH]nc(-c4cc5cccnc5[nH]4)c3c2)c1)C1CCCCC1. The molecule has 0 radical (unpaired) electrons. The van der Waals surface area contributed by atoms with Crippen molar-refractivity contribution in [2.45, 2.75) is 32.1 Å². The van der Waals surface area contributed by atoms with Gasteiger partial charge in [0.05, 0.1) is 23.1 Å². The fourth-order valence-electron chi connectivity index (χ4n) is 4.76. The van der Waals surface area contributed by atoms with Crippen molar-refractivity contribution in [3.8, 4) is 22.5 Å². The zero-order valence-electron chi connectivity index (χ0n) is 18.1. The largest absolute Gasteiger partial charge is 0.338 e. The molecule has 1 aromatic carbocycles. The fraction of sp³-hybridized carbons (Fsp3) is 0.231. The molecular weight excluding hydrogens is 412 g/mol. The standard InChI is InChI=1S/C26H24N6O/c33-26(16-5-2-1-3-6-16)29-20-11-19(14-27-15-20)17-8-9-22-21(12-17)24(32-31-22)23-13-18-7-4-10-28-25(18)30-23/h4,7-16H,1-3,5-6H2,(H,28,30)(H,29,33)(H,31,32). The van der Waals surface area contributed by atoms with E-state index in [1.54, 1.807) is 12.4 Å². The Kier molecular flexibility index (Phi) is 4.87. The summed E-state index contributed by atoms with van der Waals surface area (Å²) in [7, 11) is 0. The Morgan fingerprint density at radius 1 is 1.00 bits per heavy atom. The van der Waals surface area contributed by atoms with Gasteiger partial charge >= 0.3 is 0 Å². The molecule has 33 heavy (non-hydrogen) atoms. The number of anilines is 1. The van der Waals surface area contributed by atoms with Crippen LogP contribution in [-0.2, 0) is 4.79 Å². The monoisotopic (exact) mass is 436 g/mol. The van der Waals surface area contributed by atoms with Crippen molar-refractivity contribution in [2.75, 3.05) is 5.32 Å². The van der Waals surface area contributed by atoms with E-state index in [4.69, 9.17) is 0 Å². The third-order valence-electron chi connectivity index (χ3n) is 6.52. The van der Waals surface area contributed by atoms with Gasteiger partial charge in [-0.25, -0.2) is 4.98 Å². The molecule has 0 unspecified atom stereocenters. The van der Waals surface area contributed by atoms with Crippen molar-refractivity contribution in [3.63, 3.8) is 0 Å². The van der Waals surface area contributed by atoms with Gasteiger partial charge in [0, 0.05) is 34.6 Å². The minimum Gasteiger partial charge on any atom is -0.338 e. The van der Waals surface area contributed by atoms with Crippen LogP contribution in [0.2, 0.25) is 0 Å². The van der Waals surface area contributed by atoms with Gasteiger partial charge in [0.25, 0.3) is 0 Å². The van der Waals surface area contributed by atoms with Gasteiger partial charge in [0.15, 0.2) is 0 Å². The summed E-state index contributed by atoms with van der Waals surface area (Å²) < 4.78 is 0. The lowest BCUT2D eigenvalue weighted by molar-refractivity contribution is -0.120. The Bertz CT molecular complexity index is 1430. The Morgan fingerprint density at radius 3 is 2.79 bits per heavy atom. The number of benzene rings is 1. The van der Waals surface area contributed by atoms with Crippen LogP contribution >= 0.6 is 0 Å². The van der Waals surface area contributed by atoms with Gasteiger partial charge in [-0.05, 0) is 54.8 Å². The lowest BCUT2D eigenvalue weighted by atomic mass is 9.88. The molecule has 164 valence electrons. The Balaban J connectivity index is 1.32. The summed E-state index contributed by atoms with van der Waals surface area (Å²) >= 11 is 0. The normalized spacial score (nSPS) is 14.7. The number of hydrogen-bond acceptors (Lipinski definition) is 4. The first-order chi connectivity index (χ1) is 16.2. The zero-order valence-corrected chi connectivity index (χ0v) is 18.1. The number of nitrogens with one attached hydrogen (secondary N) is 3. The van der Waals surface area contributed by atoms with Crippen LogP contribution in [0.1, 0.15) is 32.1 Å². The first-order valence-corrected chi connectivity index (χ1v) is 11.4. The summed E-state index contributed by atoms with van der Waals surface area (Å²) in [6.07, 6.45) is 10.8. The summed E-state index contributed by atoms with van der Waals surface area (Å²) in [6.45, 7) is 0. The summed E-state index contributed by atoms with van der Waals surface area (Å²) in [6, 6.07) is 14.2. The number of carbonyl (C=O) groups excluding carboxylic acids is 1. The van der Waals surface area contributed by atoms with Crippen LogP contribution in [0, 0.1) is 5.92 Å². The van der Waals surface area contributed by atoms with E-state index in [0.717, 1.165) is 75.8 Å². The second kappa shape index (κ2) is 8.16. The molecule has 4 aromatic heterocycles. The van der Waals surface area contributed by atoms with Crippen LogP contribution in [0.15, 0.2) is 61.1 Å². The molecule has 0 saturated heterocycles. The number of hydrogen-bond donors (Lipinski definition) is 3. The van der Waals surface area contributed by atoms with Gasteiger partial charge in [-0.3, -0.25) is 14.9 Å². The Morgan fingerprint density at radius 2 is 1.91 bits per heavy atom. The molecule has 1 saturated carbocycles. The number of H-pyrrole nitrogens is 2. The molecule has 6 rings (SSSR count). The highest BCUT2D eigenvalue weighted by molar-refractivity contribution is 5.97. The third kappa shape index (κ3) is 3.75. The van der Waals surface area contributed by atoms with E-state index in [0.29, 0.717) is 0 Å². The lowest BCUT2D eigenvalue weighted by Gasteiger charge is -2.20. The van der Waals surface area contributed by atoms with Gasteiger partial charge in [-0.2, -0.15) is 5.10 Å². The first-order valence-electron chi connectivity index (χ1n) is 11.4. The van der Waals surface area contributed by atoms with Crippen LogP contribution < -0.4 is 5.32 Å². The van der Waals surface area contributed by atoms with Crippen LogP contribution in [0.5, 0.6) is 0 Å². The number of amides is 1. The summed E-state index contributed by atoms with van der Waals surface area (Å²) in [5.74, 6) is 0.215. The summed E-state index contributed by atoms with van der Waals surface area (Å²) in [4.78, 5) is 24.8. The smallest absolute Gasteiger partial charge is 0.227 e. The van der Waals surface area contributed by atoms with Gasteiger partial charge in [-0.1, -0.05) is 25.3 Å². The fourth-order valence-corrected chi connectivity index (χ4v) is 4.76. The van der Waals surface area contributed by atoms with Gasteiger partial charge < -0.3 is 10.3 Å². The lowest BCUT2D eigenvalue weighted by Crippen LogP contribution is -2.24. The molecule has 1 aliphatic rings. The molecule has 7 nitrogen and oxygen atoms in total. The topological polar surface area (TPSA) is 99.3 Å². The number of aromatic amines is 2. The molecule has 0 bridgehead atoms. The zero-order chi connectivity index (χ0) is 22.2. The minimum atomic E-state index is 0.105. The van der Waals surface area contributed by atoms with Crippen molar-refractivity contribution in [1.29, 1.82) is 0 Å². The molecular formula is C26H24N6O. The van der Waals surface area contributed by atoms with Crippen LogP contribution in [-0.4, -0.2) is 31.1 Å². The van der Waals surface area contributed by atoms with E-state index in [1.807, 2.05) is 36.5 Å². The molecule has 0 aliphatic heterocycles. The molecule has 1 aliphatic carbocycles. The number of pyridine rings is 2. The molecule has 4 heterocycles. The van der Waals surface area contributed by atoms with E-state index in [2.05, 4.69) is 42.6 Å². The molecule has 1 amide bonds. The van der Waals surface area contributed by atoms with Crippen molar-refractivity contribution >= 4 is 33.5 Å².